The van der Waals surface area contributed by atoms with Crippen molar-refractivity contribution in [1.29, 1.82) is 0 Å². The molecule has 0 unspecified atom stereocenters. The standard InChI is InChI=1S/C18H22Br3NS/c1-2-22(14-10-6-5-7-11-14)13-9-4-3-8-12-15-16(19)18(21)23-17(15)20/h5-7,10-11H,2-4,8-9,12-13H2,1H3. The molecule has 23 heavy (non-hydrogen) atoms. The first kappa shape index (κ1) is 19.5. The topological polar surface area (TPSA) is 3.24 Å². The summed E-state index contributed by atoms with van der Waals surface area (Å²) in [6.45, 7) is 4.46. The SMILES string of the molecule is CCN(CCCCCCc1c(Br)sc(Br)c1Br)c1ccccc1. The highest BCUT2D eigenvalue weighted by Crippen LogP contribution is 2.41. The maximum Gasteiger partial charge on any atom is 0.0855 e. The second kappa shape index (κ2) is 10.2. The highest BCUT2D eigenvalue weighted by atomic mass is 79.9. The zero-order valence-electron chi connectivity index (χ0n) is 13.3. The van der Waals surface area contributed by atoms with Crippen molar-refractivity contribution >= 4 is 64.8 Å². The summed E-state index contributed by atoms with van der Waals surface area (Å²) >= 11 is 12.7. The smallest absolute Gasteiger partial charge is 0.0855 e. The van der Waals surface area contributed by atoms with Crippen LogP contribution in [-0.4, -0.2) is 13.1 Å². The fourth-order valence-electron chi connectivity index (χ4n) is 2.66. The summed E-state index contributed by atoms with van der Waals surface area (Å²) < 4.78 is 3.65. The van der Waals surface area contributed by atoms with Crippen LogP contribution < -0.4 is 4.90 Å². The van der Waals surface area contributed by atoms with Crippen molar-refractivity contribution in [3.8, 4) is 0 Å². The molecule has 0 aliphatic rings. The third-order valence-electron chi connectivity index (χ3n) is 3.96. The minimum Gasteiger partial charge on any atom is -0.372 e. The Morgan fingerprint density at radius 1 is 0.913 bits per heavy atom. The van der Waals surface area contributed by atoms with Crippen LogP contribution in [0.4, 0.5) is 5.69 Å². The molecule has 0 aliphatic carbocycles. The summed E-state index contributed by atoms with van der Waals surface area (Å²) in [5, 5.41) is 0. The van der Waals surface area contributed by atoms with Crippen molar-refractivity contribution < 1.29 is 0 Å². The molecule has 1 aromatic heterocycles. The van der Waals surface area contributed by atoms with Crippen LogP contribution in [0.3, 0.4) is 0 Å². The molecule has 1 heterocycles. The third-order valence-corrected chi connectivity index (χ3v) is 8.29. The number of rotatable bonds is 9. The zero-order valence-corrected chi connectivity index (χ0v) is 18.9. The van der Waals surface area contributed by atoms with Crippen LogP contribution in [0.15, 0.2) is 42.4 Å². The lowest BCUT2D eigenvalue weighted by atomic mass is 10.1. The van der Waals surface area contributed by atoms with Gasteiger partial charge in [0.25, 0.3) is 0 Å². The lowest BCUT2D eigenvalue weighted by molar-refractivity contribution is 0.628. The number of para-hydroxylation sites is 1. The molecule has 0 saturated heterocycles. The molecule has 1 nitrogen and oxygen atoms in total. The lowest BCUT2D eigenvalue weighted by Gasteiger charge is -2.23. The number of anilines is 1. The van der Waals surface area contributed by atoms with Crippen molar-refractivity contribution in [3.05, 3.63) is 47.9 Å². The zero-order chi connectivity index (χ0) is 16.7. The summed E-state index contributed by atoms with van der Waals surface area (Å²) in [5.41, 5.74) is 2.74. The number of thiophene rings is 1. The number of benzene rings is 1. The molecule has 1 aromatic carbocycles. The van der Waals surface area contributed by atoms with Gasteiger partial charge in [-0.25, -0.2) is 0 Å². The van der Waals surface area contributed by atoms with E-state index in [9.17, 15) is 0 Å². The van der Waals surface area contributed by atoms with E-state index in [4.69, 9.17) is 0 Å². The average molecular weight is 524 g/mol. The van der Waals surface area contributed by atoms with E-state index in [1.54, 1.807) is 11.3 Å². The molecule has 0 saturated carbocycles. The Bertz CT molecular complexity index is 598. The predicted octanol–water partition coefficient (Wildman–Crippen LogP) is 7.67. The molecule has 5 heteroatoms. The van der Waals surface area contributed by atoms with E-state index in [1.807, 2.05) is 0 Å². The van der Waals surface area contributed by atoms with Crippen molar-refractivity contribution in [2.45, 2.75) is 39.0 Å². The third kappa shape index (κ3) is 5.87. The van der Waals surface area contributed by atoms with Crippen LogP contribution in [0.25, 0.3) is 0 Å². The molecule has 0 aliphatic heterocycles. The van der Waals surface area contributed by atoms with Crippen LogP contribution in [0, 0.1) is 0 Å². The summed E-state index contributed by atoms with van der Waals surface area (Å²) in [4.78, 5) is 2.46. The molecule has 0 radical (unpaired) electrons. The fraction of sp³-hybridized carbons (Fsp3) is 0.444. The van der Waals surface area contributed by atoms with Gasteiger partial charge in [0.05, 0.1) is 7.57 Å². The van der Waals surface area contributed by atoms with Crippen molar-refractivity contribution in [2.75, 3.05) is 18.0 Å². The van der Waals surface area contributed by atoms with Crippen LogP contribution in [0.2, 0.25) is 0 Å². The number of hydrogen-bond donors (Lipinski definition) is 0. The van der Waals surface area contributed by atoms with Crippen LogP contribution in [0.1, 0.15) is 38.2 Å². The number of hydrogen-bond acceptors (Lipinski definition) is 2. The summed E-state index contributed by atoms with van der Waals surface area (Å²) in [7, 11) is 0. The predicted molar refractivity (Wildman–Crippen MR) is 114 cm³/mol. The van der Waals surface area contributed by atoms with E-state index in [1.165, 1.54) is 49.0 Å². The molecule has 0 fully saturated rings. The first-order valence-corrected chi connectivity index (χ1v) is 11.2. The van der Waals surface area contributed by atoms with Crippen LogP contribution in [0.5, 0.6) is 0 Å². The Morgan fingerprint density at radius 3 is 2.22 bits per heavy atom. The highest BCUT2D eigenvalue weighted by molar-refractivity contribution is 9.14. The largest absolute Gasteiger partial charge is 0.372 e. The Labute approximate surface area is 168 Å². The molecule has 2 aromatic rings. The van der Waals surface area contributed by atoms with Crippen LogP contribution >= 0.6 is 59.1 Å². The van der Waals surface area contributed by atoms with Gasteiger partial charge < -0.3 is 4.90 Å². The Balaban J connectivity index is 1.67. The normalized spacial score (nSPS) is 11.0. The molecule has 0 amide bonds. The molecule has 0 spiro atoms. The van der Waals surface area contributed by atoms with Gasteiger partial charge in [0.1, 0.15) is 0 Å². The van der Waals surface area contributed by atoms with Crippen molar-refractivity contribution in [1.82, 2.24) is 0 Å². The van der Waals surface area contributed by atoms with Gasteiger partial charge in [-0.3, -0.25) is 0 Å². The first-order chi connectivity index (χ1) is 11.1. The van der Waals surface area contributed by atoms with Crippen LogP contribution in [-0.2, 0) is 6.42 Å². The van der Waals surface area contributed by atoms with E-state index in [0.717, 1.165) is 19.5 Å². The van der Waals surface area contributed by atoms with Gasteiger partial charge in [-0.15, -0.1) is 11.3 Å². The maximum atomic E-state index is 3.67. The molecular formula is C18H22Br3NS. The minimum atomic E-state index is 1.08. The molecular weight excluding hydrogens is 502 g/mol. The van der Waals surface area contributed by atoms with Gasteiger partial charge in [0, 0.05) is 23.2 Å². The number of unbranched alkanes of at least 4 members (excludes halogenated alkanes) is 3. The van der Waals surface area contributed by atoms with E-state index in [0.29, 0.717) is 0 Å². The molecule has 0 bridgehead atoms. The van der Waals surface area contributed by atoms with Crippen molar-refractivity contribution in [3.63, 3.8) is 0 Å². The minimum absolute atomic E-state index is 1.08. The van der Waals surface area contributed by atoms with Gasteiger partial charge in [0.2, 0.25) is 0 Å². The van der Waals surface area contributed by atoms with E-state index < -0.39 is 0 Å². The molecule has 2 rings (SSSR count). The van der Waals surface area contributed by atoms with E-state index in [-0.39, 0.29) is 0 Å². The summed E-state index contributed by atoms with van der Waals surface area (Å²) in [6, 6.07) is 10.7. The Kier molecular flexibility index (Phi) is 8.66. The fourth-order valence-corrected chi connectivity index (χ4v) is 6.66. The lowest BCUT2D eigenvalue weighted by Crippen LogP contribution is -2.23. The number of nitrogens with zero attached hydrogens (tertiary/aromatic N) is 1. The van der Waals surface area contributed by atoms with E-state index in [2.05, 4.69) is 89.9 Å². The van der Waals surface area contributed by atoms with Gasteiger partial charge in [0.15, 0.2) is 0 Å². The quantitative estimate of drug-likeness (QED) is 0.305. The Hall–Kier alpha value is 0.160. The number of halogens is 3. The van der Waals surface area contributed by atoms with Gasteiger partial charge in [-0.05, 0) is 91.7 Å². The van der Waals surface area contributed by atoms with Gasteiger partial charge >= 0.3 is 0 Å². The second-order valence-electron chi connectivity index (χ2n) is 5.52. The van der Waals surface area contributed by atoms with Gasteiger partial charge in [-0.2, -0.15) is 0 Å². The monoisotopic (exact) mass is 521 g/mol. The molecule has 126 valence electrons. The maximum absolute atomic E-state index is 3.67. The van der Waals surface area contributed by atoms with Gasteiger partial charge in [-0.1, -0.05) is 31.0 Å². The Morgan fingerprint density at radius 2 is 1.61 bits per heavy atom. The van der Waals surface area contributed by atoms with Crippen molar-refractivity contribution in [2.24, 2.45) is 0 Å². The average Bonchev–Trinajstić information content (AvgIpc) is 2.81. The highest BCUT2D eigenvalue weighted by Gasteiger charge is 2.12. The second-order valence-corrected chi connectivity index (χ2v) is 9.97. The molecule has 0 N–H and O–H groups in total. The molecule has 0 atom stereocenters. The van der Waals surface area contributed by atoms with E-state index >= 15 is 0 Å². The summed E-state index contributed by atoms with van der Waals surface area (Å²) in [5.74, 6) is 0. The summed E-state index contributed by atoms with van der Waals surface area (Å²) in [6.07, 6.45) is 6.23. The first-order valence-electron chi connectivity index (χ1n) is 8.05.